The molecule has 3 rings (SSSR count). The first kappa shape index (κ1) is 14.4. The van der Waals surface area contributed by atoms with Gasteiger partial charge in [0.25, 0.3) is 0 Å². The fourth-order valence-corrected chi connectivity index (χ4v) is 2.80. The fourth-order valence-electron chi connectivity index (χ4n) is 2.80. The van der Waals surface area contributed by atoms with E-state index in [0.717, 1.165) is 30.8 Å². The predicted molar refractivity (Wildman–Crippen MR) is 83.7 cm³/mol. The fraction of sp³-hybridized carbons (Fsp3) is 0.588. The van der Waals surface area contributed by atoms with Gasteiger partial charge in [0.1, 0.15) is 5.75 Å². The number of nitrogens with one attached hydrogen (secondary N) is 1. The summed E-state index contributed by atoms with van der Waals surface area (Å²) in [5.41, 5.74) is 0.971. The zero-order chi connectivity index (χ0) is 14.8. The summed E-state index contributed by atoms with van der Waals surface area (Å²) in [4.78, 5) is 14.5. The summed E-state index contributed by atoms with van der Waals surface area (Å²) in [6.07, 6.45) is 4.61. The molecule has 2 fully saturated rings. The van der Waals surface area contributed by atoms with Crippen molar-refractivity contribution < 1.29 is 9.53 Å². The average Bonchev–Trinajstić information content (AvgIpc) is 3.26. The molecule has 1 saturated carbocycles. The Balaban J connectivity index is 1.68. The maximum absolute atomic E-state index is 12.6. The van der Waals surface area contributed by atoms with Gasteiger partial charge in [0.2, 0.25) is 5.91 Å². The molecule has 1 saturated heterocycles. The monoisotopic (exact) mass is 288 g/mol. The lowest BCUT2D eigenvalue weighted by atomic mass is 10.0. The first-order valence-electron chi connectivity index (χ1n) is 7.97. The molecule has 1 aromatic rings. The smallest absolute Gasteiger partial charge is 0.244 e. The summed E-state index contributed by atoms with van der Waals surface area (Å²) in [7, 11) is 0. The lowest BCUT2D eigenvalue weighted by molar-refractivity contribution is -0.121. The molecule has 4 nitrogen and oxygen atoms in total. The topological polar surface area (TPSA) is 41.6 Å². The lowest BCUT2D eigenvalue weighted by Gasteiger charge is -2.33. The van der Waals surface area contributed by atoms with E-state index in [1.54, 1.807) is 0 Å². The van der Waals surface area contributed by atoms with E-state index >= 15 is 0 Å². The number of piperidine rings is 1. The molecule has 0 aromatic heterocycles. The van der Waals surface area contributed by atoms with Crippen LogP contribution >= 0.6 is 0 Å². The SMILES string of the molecule is CC(C)Oc1ccc(N2CCCC(NC3CC3)C2=O)cc1. The molecule has 1 unspecified atom stereocenters. The molecule has 1 N–H and O–H groups in total. The zero-order valence-corrected chi connectivity index (χ0v) is 12.8. The van der Waals surface area contributed by atoms with Gasteiger partial charge in [-0.2, -0.15) is 0 Å². The van der Waals surface area contributed by atoms with Gasteiger partial charge in [0.05, 0.1) is 12.1 Å². The molecule has 0 spiro atoms. The molecular formula is C17H24N2O2. The highest BCUT2D eigenvalue weighted by Crippen LogP contribution is 2.26. The van der Waals surface area contributed by atoms with Crippen molar-refractivity contribution in [1.82, 2.24) is 5.32 Å². The van der Waals surface area contributed by atoms with E-state index in [0.29, 0.717) is 6.04 Å². The first-order chi connectivity index (χ1) is 10.1. The highest BCUT2D eigenvalue weighted by molar-refractivity contribution is 5.98. The highest BCUT2D eigenvalue weighted by atomic mass is 16.5. The molecule has 0 bridgehead atoms. The average molecular weight is 288 g/mol. The molecule has 1 atom stereocenters. The van der Waals surface area contributed by atoms with E-state index < -0.39 is 0 Å². The van der Waals surface area contributed by atoms with Gasteiger partial charge >= 0.3 is 0 Å². The second-order valence-corrected chi connectivity index (χ2v) is 6.29. The largest absolute Gasteiger partial charge is 0.491 e. The molecule has 1 amide bonds. The van der Waals surface area contributed by atoms with Crippen LogP contribution in [0.3, 0.4) is 0 Å². The van der Waals surface area contributed by atoms with Crippen LogP contribution in [-0.4, -0.2) is 30.6 Å². The van der Waals surface area contributed by atoms with Crippen LogP contribution in [0.15, 0.2) is 24.3 Å². The number of benzene rings is 1. The second kappa shape index (κ2) is 6.06. The molecule has 114 valence electrons. The van der Waals surface area contributed by atoms with E-state index in [4.69, 9.17) is 4.74 Å². The van der Waals surface area contributed by atoms with E-state index in [1.165, 1.54) is 12.8 Å². The molecule has 1 aliphatic carbocycles. The third-order valence-corrected chi connectivity index (χ3v) is 3.97. The maximum Gasteiger partial charge on any atom is 0.244 e. The minimum atomic E-state index is -0.00200. The molecular weight excluding hydrogens is 264 g/mol. The van der Waals surface area contributed by atoms with Gasteiger partial charge < -0.3 is 15.0 Å². The Morgan fingerprint density at radius 3 is 2.52 bits per heavy atom. The van der Waals surface area contributed by atoms with Gasteiger partial charge in [-0.3, -0.25) is 4.79 Å². The van der Waals surface area contributed by atoms with Crippen LogP contribution < -0.4 is 15.0 Å². The molecule has 0 radical (unpaired) electrons. The number of carbonyl (C=O) groups is 1. The van der Waals surface area contributed by atoms with Crippen LogP contribution in [0.5, 0.6) is 5.75 Å². The van der Waals surface area contributed by atoms with Crippen molar-refractivity contribution in [3.05, 3.63) is 24.3 Å². The Hall–Kier alpha value is -1.55. The van der Waals surface area contributed by atoms with Crippen molar-refractivity contribution in [2.75, 3.05) is 11.4 Å². The van der Waals surface area contributed by atoms with E-state index in [1.807, 2.05) is 43.0 Å². The minimum Gasteiger partial charge on any atom is -0.491 e. The van der Waals surface area contributed by atoms with E-state index in [-0.39, 0.29) is 18.1 Å². The normalized spacial score (nSPS) is 22.7. The zero-order valence-electron chi connectivity index (χ0n) is 12.8. The Morgan fingerprint density at radius 2 is 1.90 bits per heavy atom. The van der Waals surface area contributed by atoms with Gasteiger partial charge in [0.15, 0.2) is 0 Å². The standard InChI is InChI=1S/C17H24N2O2/c1-12(2)21-15-9-7-14(8-10-15)19-11-3-4-16(17(19)20)18-13-5-6-13/h7-10,12-13,16,18H,3-6,11H2,1-2H3. The van der Waals surface area contributed by atoms with Gasteiger partial charge in [-0.25, -0.2) is 0 Å². The summed E-state index contributed by atoms with van der Waals surface area (Å²) < 4.78 is 5.65. The molecule has 1 aliphatic heterocycles. The van der Waals surface area contributed by atoms with Crippen LogP contribution in [0.2, 0.25) is 0 Å². The number of amides is 1. The van der Waals surface area contributed by atoms with Crippen molar-refractivity contribution in [3.8, 4) is 5.75 Å². The summed E-state index contributed by atoms with van der Waals surface area (Å²) in [5, 5.41) is 3.46. The number of ether oxygens (including phenoxy) is 1. The summed E-state index contributed by atoms with van der Waals surface area (Å²) >= 11 is 0. The van der Waals surface area contributed by atoms with Crippen molar-refractivity contribution in [2.24, 2.45) is 0 Å². The number of rotatable bonds is 5. The number of hydrogen-bond acceptors (Lipinski definition) is 3. The minimum absolute atomic E-state index is 0.00200. The number of nitrogens with zero attached hydrogens (tertiary/aromatic N) is 1. The number of carbonyl (C=O) groups excluding carboxylic acids is 1. The van der Waals surface area contributed by atoms with Crippen LogP contribution in [-0.2, 0) is 4.79 Å². The van der Waals surface area contributed by atoms with Crippen molar-refractivity contribution >= 4 is 11.6 Å². The van der Waals surface area contributed by atoms with Gasteiger partial charge in [0, 0.05) is 18.3 Å². The molecule has 1 heterocycles. The first-order valence-corrected chi connectivity index (χ1v) is 7.97. The van der Waals surface area contributed by atoms with Crippen LogP contribution in [0.4, 0.5) is 5.69 Å². The molecule has 2 aliphatic rings. The van der Waals surface area contributed by atoms with Crippen molar-refractivity contribution in [3.63, 3.8) is 0 Å². The molecule has 4 heteroatoms. The third-order valence-electron chi connectivity index (χ3n) is 3.97. The highest BCUT2D eigenvalue weighted by Gasteiger charge is 2.33. The lowest BCUT2D eigenvalue weighted by Crippen LogP contribution is -2.51. The summed E-state index contributed by atoms with van der Waals surface area (Å²) in [5.74, 6) is 1.07. The number of anilines is 1. The Labute approximate surface area is 126 Å². The third kappa shape index (κ3) is 3.56. The summed E-state index contributed by atoms with van der Waals surface area (Å²) in [6.45, 7) is 4.83. The van der Waals surface area contributed by atoms with Crippen LogP contribution in [0.25, 0.3) is 0 Å². The van der Waals surface area contributed by atoms with E-state index in [2.05, 4.69) is 5.32 Å². The van der Waals surface area contributed by atoms with Crippen LogP contribution in [0, 0.1) is 0 Å². The molecule has 21 heavy (non-hydrogen) atoms. The van der Waals surface area contributed by atoms with Crippen molar-refractivity contribution in [1.29, 1.82) is 0 Å². The Bertz CT molecular complexity index is 494. The predicted octanol–water partition coefficient (Wildman–Crippen LogP) is 2.72. The Morgan fingerprint density at radius 1 is 1.19 bits per heavy atom. The maximum atomic E-state index is 12.6. The second-order valence-electron chi connectivity index (χ2n) is 6.29. The molecule has 1 aromatic carbocycles. The van der Waals surface area contributed by atoms with Crippen molar-refractivity contribution in [2.45, 2.75) is 57.7 Å². The van der Waals surface area contributed by atoms with E-state index in [9.17, 15) is 4.79 Å². The van der Waals surface area contributed by atoms with Gasteiger partial charge in [-0.1, -0.05) is 0 Å². The summed E-state index contributed by atoms with van der Waals surface area (Å²) in [6, 6.07) is 8.42. The Kier molecular flexibility index (Phi) is 4.15. The quantitative estimate of drug-likeness (QED) is 0.906. The van der Waals surface area contributed by atoms with Gasteiger partial charge in [-0.15, -0.1) is 0 Å². The van der Waals surface area contributed by atoms with Gasteiger partial charge in [-0.05, 0) is 63.8 Å². The number of hydrogen-bond donors (Lipinski definition) is 1. The van der Waals surface area contributed by atoms with Crippen LogP contribution in [0.1, 0.15) is 39.5 Å².